The number of hydrogen-bond acceptors (Lipinski definition) is 4. The molecule has 5 nitrogen and oxygen atoms in total. The number of carbonyl (C=O) groups excluding carboxylic acids is 2. The number of amides is 2. The highest BCUT2D eigenvalue weighted by molar-refractivity contribution is 7.21. The van der Waals surface area contributed by atoms with Gasteiger partial charge in [0.25, 0.3) is 11.8 Å². The Morgan fingerprint density at radius 2 is 1.66 bits per heavy atom. The van der Waals surface area contributed by atoms with E-state index >= 15 is 0 Å². The van der Waals surface area contributed by atoms with Crippen molar-refractivity contribution in [3.8, 4) is 0 Å². The molecule has 2 fully saturated rings. The molecule has 0 radical (unpaired) electrons. The maximum Gasteiger partial charge on any atom is 0.264 e. The van der Waals surface area contributed by atoms with Gasteiger partial charge in [-0.15, -0.1) is 11.3 Å². The molecule has 6 heteroatoms. The van der Waals surface area contributed by atoms with Crippen LogP contribution in [0.25, 0.3) is 10.1 Å². The Balaban J connectivity index is 1.48. The van der Waals surface area contributed by atoms with E-state index < -0.39 is 0 Å². The molecule has 166 valence electrons. The van der Waals surface area contributed by atoms with Gasteiger partial charge in [0.2, 0.25) is 0 Å². The fraction of sp³-hybridized carbons (Fsp3) is 0.385. The van der Waals surface area contributed by atoms with E-state index in [1.807, 2.05) is 52.3 Å². The van der Waals surface area contributed by atoms with E-state index in [9.17, 15) is 9.59 Å². The lowest BCUT2D eigenvalue weighted by Crippen LogP contribution is -2.45. The average molecular weight is 449 g/mol. The number of carbonyl (C=O) groups is 2. The summed E-state index contributed by atoms with van der Waals surface area (Å²) in [6.07, 6.45) is 3.82. The van der Waals surface area contributed by atoms with E-state index in [-0.39, 0.29) is 17.9 Å². The first-order valence-electron chi connectivity index (χ1n) is 11.5. The summed E-state index contributed by atoms with van der Waals surface area (Å²) in [5, 5.41) is 1.15. The van der Waals surface area contributed by atoms with Crippen molar-refractivity contribution < 1.29 is 14.3 Å². The minimum absolute atomic E-state index is 0.0934. The summed E-state index contributed by atoms with van der Waals surface area (Å²) in [5.74, 6) is 0.192. The number of morpholine rings is 1. The van der Waals surface area contributed by atoms with Gasteiger partial charge in [-0.3, -0.25) is 9.59 Å². The molecular weight excluding hydrogens is 420 g/mol. The third-order valence-corrected chi connectivity index (χ3v) is 7.74. The normalized spacial score (nSPS) is 19.3. The lowest BCUT2D eigenvalue weighted by molar-refractivity contribution is 0.0305. The molecule has 3 heterocycles. The summed E-state index contributed by atoms with van der Waals surface area (Å²) in [4.78, 5) is 31.5. The Kier molecular flexibility index (Phi) is 6.23. The molecule has 1 atom stereocenters. The zero-order chi connectivity index (χ0) is 21.9. The van der Waals surface area contributed by atoms with Gasteiger partial charge in [0, 0.05) is 35.9 Å². The quantitative estimate of drug-likeness (QED) is 0.586. The Morgan fingerprint density at radius 3 is 2.47 bits per heavy atom. The van der Waals surface area contributed by atoms with E-state index in [2.05, 4.69) is 12.1 Å². The Labute approximate surface area is 192 Å². The van der Waals surface area contributed by atoms with E-state index in [0.29, 0.717) is 32.7 Å². The Bertz CT molecular complexity index is 1100. The molecule has 2 aliphatic heterocycles. The van der Waals surface area contributed by atoms with Crippen molar-refractivity contribution >= 4 is 33.2 Å². The fourth-order valence-corrected chi connectivity index (χ4v) is 6.05. The number of rotatable bonds is 4. The molecule has 32 heavy (non-hydrogen) atoms. The van der Waals surface area contributed by atoms with E-state index in [1.165, 1.54) is 0 Å². The van der Waals surface area contributed by atoms with Crippen LogP contribution in [0.2, 0.25) is 0 Å². The molecule has 2 saturated heterocycles. The molecular formula is C26H28N2O3S. The van der Waals surface area contributed by atoms with Crippen LogP contribution in [0.15, 0.2) is 54.6 Å². The zero-order valence-corrected chi connectivity index (χ0v) is 19.0. The number of hydrogen-bond donors (Lipinski definition) is 0. The molecule has 0 aliphatic carbocycles. The second-order valence-electron chi connectivity index (χ2n) is 8.53. The standard InChI is InChI=1S/C26H28N2O3S/c29-25(19-8-2-1-3-9-19)28-13-7-6-10-20(28)18-22-21-11-4-5-12-23(21)32-24(22)26(30)27-14-16-31-17-15-27/h1-5,8-9,11-12,20H,6-7,10,13-18H2/t20-/m1/s1. The van der Waals surface area contributed by atoms with Crippen molar-refractivity contribution in [2.45, 2.75) is 31.7 Å². The van der Waals surface area contributed by atoms with Crippen molar-refractivity contribution in [1.29, 1.82) is 0 Å². The van der Waals surface area contributed by atoms with Crippen LogP contribution in [-0.4, -0.2) is 60.5 Å². The van der Waals surface area contributed by atoms with Crippen LogP contribution < -0.4 is 0 Å². The Morgan fingerprint density at radius 1 is 0.906 bits per heavy atom. The molecule has 0 unspecified atom stereocenters. The fourth-order valence-electron chi connectivity index (χ4n) is 4.85. The summed E-state index contributed by atoms with van der Waals surface area (Å²) in [5.41, 5.74) is 1.83. The van der Waals surface area contributed by atoms with Gasteiger partial charge in [0.15, 0.2) is 0 Å². The highest BCUT2D eigenvalue weighted by Gasteiger charge is 2.31. The second kappa shape index (κ2) is 9.43. The van der Waals surface area contributed by atoms with Gasteiger partial charge in [-0.25, -0.2) is 0 Å². The number of piperidine rings is 1. The molecule has 1 aromatic heterocycles. The maximum atomic E-state index is 13.5. The third-order valence-electron chi connectivity index (χ3n) is 6.54. The highest BCUT2D eigenvalue weighted by atomic mass is 32.1. The van der Waals surface area contributed by atoms with Crippen LogP contribution in [0.1, 0.15) is 44.9 Å². The lowest BCUT2D eigenvalue weighted by Gasteiger charge is -2.36. The van der Waals surface area contributed by atoms with Crippen molar-refractivity contribution in [1.82, 2.24) is 9.80 Å². The summed E-state index contributed by atoms with van der Waals surface area (Å²) in [6.45, 7) is 3.22. The third kappa shape index (κ3) is 4.17. The van der Waals surface area contributed by atoms with Gasteiger partial charge in [0.05, 0.1) is 18.1 Å². The maximum absolute atomic E-state index is 13.5. The van der Waals surface area contributed by atoms with Gasteiger partial charge >= 0.3 is 0 Å². The van der Waals surface area contributed by atoms with Gasteiger partial charge in [-0.2, -0.15) is 0 Å². The molecule has 3 aromatic rings. The van der Waals surface area contributed by atoms with Gasteiger partial charge < -0.3 is 14.5 Å². The van der Waals surface area contributed by atoms with Crippen LogP contribution in [0.3, 0.4) is 0 Å². The molecule has 0 saturated carbocycles. The number of thiophene rings is 1. The summed E-state index contributed by atoms with van der Waals surface area (Å²) in [7, 11) is 0. The first-order chi connectivity index (χ1) is 15.7. The number of fused-ring (bicyclic) bond motifs is 1. The molecule has 0 N–H and O–H groups in total. The highest BCUT2D eigenvalue weighted by Crippen LogP contribution is 2.35. The first-order valence-corrected chi connectivity index (χ1v) is 12.3. The number of ether oxygens (including phenoxy) is 1. The summed E-state index contributed by atoms with van der Waals surface area (Å²) in [6, 6.07) is 17.9. The molecule has 2 aliphatic rings. The first kappa shape index (κ1) is 21.2. The van der Waals surface area contributed by atoms with E-state index in [4.69, 9.17) is 4.74 Å². The van der Waals surface area contributed by atoms with Crippen LogP contribution in [0, 0.1) is 0 Å². The van der Waals surface area contributed by atoms with Crippen LogP contribution >= 0.6 is 11.3 Å². The number of likely N-dealkylation sites (tertiary alicyclic amines) is 1. The van der Waals surface area contributed by atoms with Gasteiger partial charge in [-0.05, 0) is 54.8 Å². The minimum Gasteiger partial charge on any atom is -0.378 e. The van der Waals surface area contributed by atoms with Crippen LogP contribution in [-0.2, 0) is 11.2 Å². The van der Waals surface area contributed by atoms with Crippen molar-refractivity contribution in [3.05, 3.63) is 70.6 Å². The van der Waals surface area contributed by atoms with Gasteiger partial charge in [-0.1, -0.05) is 36.4 Å². The second-order valence-corrected chi connectivity index (χ2v) is 9.58. The van der Waals surface area contributed by atoms with Crippen molar-refractivity contribution in [2.75, 3.05) is 32.8 Å². The van der Waals surface area contributed by atoms with E-state index in [0.717, 1.165) is 51.9 Å². The largest absolute Gasteiger partial charge is 0.378 e. The van der Waals surface area contributed by atoms with Gasteiger partial charge in [0.1, 0.15) is 0 Å². The number of nitrogens with zero attached hydrogens (tertiary/aromatic N) is 2. The number of benzene rings is 2. The SMILES string of the molecule is O=C(c1sc2ccccc2c1C[C@H]1CCCCN1C(=O)c1ccccc1)N1CCOCC1. The predicted molar refractivity (Wildman–Crippen MR) is 127 cm³/mol. The summed E-state index contributed by atoms with van der Waals surface area (Å²) < 4.78 is 6.58. The van der Waals surface area contributed by atoms with Crippen molar-refractivity contribution in [3.63, 3.8) is 0 Å². The van der Waals surface area contributed by atoms with E-state index in [1.54, 1.807) is 11.3 Å². The lowest BCUT2D eigenvalue weighted by atomic mass is 9.93. The average Bonchev–Trinajstić information content (AvgIpc) is 3.23. The molecule has 2 amide bonds. The predicted octanol–water partition coefficient (Wildman–Crippen LogP) is 4.61. The monoisotopic (exact) mass is 448 g/mol. The molecule has 0 bridgehead atoms. The zero-order valence-electron chi connectivity index (χ0n) is 18.2. The molecule has 5 rings (SSSR count). The topological polar surface area (TPSA) is 49.9 Å². The smallest absolute Gasteiger partial charge is 0.264 e. The summed E-state index contributed by atoms with van der Waals surface area (Å²) >= 11 is 1.58. The molecule has 2 aromatic carbocycles. The van der Waals surface area contributed by atoms with Crippen LogP contribution in [0.4, 0.5) is 0 Å². The van der Waals surface area contributed by atoms with Crippen LogP contribution in [0.5, 0.6) is 0 Å². The van der Waals surface area contributed by atoms with Crippen molar-refractivity contribution in [2.24, 2.45) is 0 Å². The molecule has 0 spiro atoms. The minimum atomic E-state index is 0.0934. The Hall–Kier alpha value is -2.70.